The summed E-state index contributed by atoms with van der Waals surface area (Å²) in [6.07, 6.45) is 1.51. The summed E-state index contributed by atoms with van der Waals surface area (Å²) in [6, 6.07) is 7.08. The van der Waals surface area contributed by atoms with Crippen molar-refractivity contribution in [3.63, 3.8) is 0 Å². The highest BCUT2D eigenvalue weighted by Crippen LogP contribution is 2.18. The number of esters is 1. The van der Waals surface area contributed by atoms with Crippen LogP contribution in [0.15, 0.2) is 30.5 Å². The molecule has 0 saturated carbocycles. The van der Waals surface area contributed by atoms with Crippen LogP contribution in [0.2, 0.25) is 5.02 Å². The minimum atomic E-state index is -0.364. The Labute approximate surface area is 98.0 Å². The van der Waals surface area contributed by atoms with E-state index >= 15 is 0 Å². The van der Waals surface area contributed by atoms with Gasteiger partial charge >= 0.3 is 5.97 Å². The second kappa shape index (κ2) is 4.49. The van der Waals surface area contributed by atoms with Crippen molar-refractivity contribution in [1.29, 1.82) is 0 Å². The van der Waals surface area contributed by atoms with E-state index in [1.54, 1.807) is 25.1 Å². The average Bonchev–Trinajstić information content (AvgIpc) is 2.28. The van der Waals surface area contributed by atoms with Gasteiger partial charge in [0.1, 0.15) is 0 Å². The van der Waals surface area contributed by atoms with Gasteiger partial charge in [0.2, 0.25) is 0 Å². The molecule has 4 heteroatoms. The molecule has 82 valence electrons. The maximum atomic E-state index is 11.5. The maximum absolute atomic E-state index is 11.5. The molecule has 16 heavy (non-hydrogen) atoms. The molecular formula is C12H10ClNO2. The normalized spacial score (nSPS) is 10.4. The van der Waals surface area contributed by atoms with Crippen LogP contribution in [0.25, 0.3) is 10.9 Å². The van der Waals surface area contributed by atoms with Gasteiger partial charge in [-0.05, 0) is 31.2 Å². The first-order valence-electron chi connectivity index (χ1n) is 4.93. The third-order valence-electron chi connectivity index (χ3n) is 2.15. The number of benzene rings is 1. The summed E-state index contributed by atoms with van der Waals surface area (Å²) in [5.74, 6) is -0.364. The van der Waals surface area contributed by atoms with Gasteiger partial charge in [0.15, 0.2) is 0 Å². The highest BCUT2D eigenvalue weighted by atomic mass is 35.5. The number of carbonyl (C=O) groups is 1. The number of nitrogens with zero attached hydrogens (tertiary/aromatic N) is 1. The molecule has 0 aliphatic carbocycles. The lowest BCUT2D eigenvalue weighted by atomic mass is 10.1. The van der Waals surface area contributed by atoms with Gasteiger partial charge in [-0.3, -0.25) is 4.98 Å². The van der Waals surface area contributed by atoms with Crippen LogP contribution in [-0.4, -0.2) is 17.6 Å². The monoisotopic (exact) mass is 235 g/mol. The Kier molecular flexibility index (Phi) is 3.06. The third kappa shape index (κ3) is 2.14. The summed E-state index contributed by atoms with van der Waals surface area (Å²) in [7, 11) is 0. The van der Waals surface area contributed by atoms with E-state index in [0.29, 0.717) is 17.2 Å². The van der Waals surface area contributed by atoms with Crippen LogP contribution in [-0.2, 0) is 4.74 Å². The molecule has 1 aromatic heterocycles. The van der Waals surface area contributed by atoms with Crippen LogP contribution in [0, 0.1) is 0 Å². The standard InChI is InChI=1S/C12H10ClNO2/c1-2-16-12(15)9-5-8-6-10(13)3-4-11(8)14-7-9/h3-7H,2H2,1H3. The first kappa shape index (κ1) is 10.9. The number of fused-ring (bicyclic) bond motifs is 1. The molecule has 0 spiro atoms. The Morgan fingerprint density at radius 1 is 1.44 bits per heavy atom. The number of carbonyl (C=O) groups excluding carboxylic acids is 1. The zero-order valence-electron chi connectivity index (χ0n) is 8.74. The van der Waals surface area contributed by atoms with E-state index in [0.717, 1.165) is 10.9 Å². The lowest BCUT2D eigenvalue weighted by Crippen LogP contribution is -2.04. The topological polar surface area (TPSA) is 39.2 Å². The Morgan fingerprint density at radius 3 is 3.00 bits per heavy atom. The molecule has 3 nitrogen and oxygen atoms in total. The van der Waals surface area contributed by atoms with Crippen molar-refractivity contribution < 1.29 is 9.53 Å². The number of rotatable bonds is 2. The highest BCUT2D eigenvalue weighted by molar-refractivity contribution is 6.31. The fourth-order valence-corrected chi connectivity index (χ4v) is 1.61. The van der Waals surface area contributed by atoms with E-state index in [2.05, 4.69) is 4.98 Å². The Hall–Kier alpha value is -1.61. The van der Waals surface area contributed by atoms with Crippen molar-refractivity contribution >= 4 is 28.5 Å². The quantitative estimate of drug-likeness (QED) is 0.751. The maximum Gasteiger partial charge on any atom is 0.339 e. The molecule has 0 saturated heterocycles. The summed E-state index contributed by atoms with van der Waals surface area (Å²) >= 11 is 5.87. The Morgan fingerprint density at radius 2 is 2.25 bits per heavy atom. The Balaban J connectivity index is 2.46. The van der Waals surface area contributed by atoms with Gasteiger partial charge in [-0.25, -0.2) is 4.79 Å². The van der Waals surface area contributed by atoms with Gasteiger partial charge in [0.25, 0.3) is 0 Å². The van der Waals surface area contributed by atoms with Crippen LogP contribution in [0.4, 0.5) is 0 Å². The van der Waals surface area contributed by atoms with Crippen molar-refractivity contribution in [2.24, 2.45) is 0 Å². The van der Waals surface area contributed by atoms with Gasteiger partial charge in [-0.1, -0.05) is 11.6 Å². The van der Waals surface area contributed by atoms with Crippen molar-refractivity contribution in [2.75, 3.05) is 6.61 Å². The van der Waals surface area contributed by atoms with Gasteiger partial charge in [0.05, 0.1) is 17.7 Å². The van der Waals surface area contributed by atoms with E-state index in [1.165, 1.54) is 6.20 Å². The molecule has 0 amide bonds. The molecule has 0 atom stereocenters. The van der Waals surface area contributed by atoms with Gasteiger partial charge < -0.3 is 4.74 Å². The summed E-state index contributed by atoms with van der Waals surface area (Å²) in [5.41, 5.74) is 1.24. The molecule has 0 radical (unpaired) electrons. The van der Waals surface area contributed by atoms with Crippen molar-refractivity contribution in [1.82, 2.24) is 4.98 Å². The number of pyridine rings is 1. The predicted octanol–water partition coefficient (Wildman–Crippen LogP) is 3.06. The summed E-state index contributed by atoms with van der Waals surface area (Å²) in [4.78, 5) is 15.6. The summed E-state index contributed by atoms with van der Waals surface area (Å²) < 4.78 is 4.90. The SMILES string of the molecule is CCOC(=O)c1cnc2ccc(Cl)cc2c1. The minimum absolute atomic E-state index is 0.354. The predicted molar refractivity (Wildman–Crippen MR) is 62.7 cm³/mol. The zero-order valence-corrected chi connectivity index (χ0v) is 9.49. The van der Waals surface area contributed by atoms with Gasteiger partial charge in [-0.15, -0.1) is 0 Å². The van der Waals surface area contributed by atoms with Crippen LogP contribution in [0.5, 0.6) is 0 Å². The molecule has 2 rings (SSSR count). The number of halogens is 1. The van der Waals surface area contributed by atoms with Crippen LogP contribution < -0.4 is 0 Å². The molecule has 0 fully saturated rings. The van der Waals surface area contributed by atoms with E-state index in [9.17, 15) is 4.79 Å². The molecule has 1 aromatic carbocycles. The third-order valence-corrected chi connectivity index (χ3v) is 2.39. The fourth-order valence-electron chi connectivity index (χ4n) is 1.43. The minimum Gasteiger partial charge on any atom is -0.462 e. The fraction of sp³-hybridized carbons (Fsp3) is 0.167. The molecule has 2 aromatic rings. The first-order chi connectivity index (χ1) is 7.70. The smallest absolute Gasteiger partial charge is 0.339 e. The number of aromatic nitrogens is 1. The highest BCUT2D eigenvalue weighted by Gasteiger charge is 2.07. The second-order valence-corrected chi connectivity index (χ2v) is 3.72. The largest absolute Gasteiger partial charge is 0.462 e. The van der Waals surface area contributed by atoms with E-state index < -0.39 is 0 Å². The molecule has 0 aliphatic rings. The molecule has 0 bridgehead atoms. The Bertz CT molecular complexity index is 540. The van der Waals surface area contributed by atoms with E-state index in [4.69, 9.17) is 16.3 Å². The molecular weight excluding hydrogens is 226 g/mol. The van der Waals surface area contributed by atoms with Gasteiger partial charge in [-0.2, -0.15) is 0 Å². The van der Waals surface area contributed by atoms with Crippen LogP contribution in [0.3, 0.4) is 0 Å². The van der Waals surface area contributed by atoms with Crippen molar-refractivity contribution in [2.45, 2.75) is 6.92 Å². The second-order valence-electron chi connectivity index (χ2n) is 3.28. The van der Waals surface area contributed by atoms with Crippen LogP contribution >= 0.6 is 11.6 Å². The lowest BCUT2D eigenvalue weighted by Gasteiger charge is -2.03. The zero-order chi connectivity index (χ0) is 11.5. The number of hydrogen-bond donors (Lipinski definition) is 0. The molecule has 0 aliphatic heterocycles. The van der Waals surface area contributed by atoms with Crippen molar-refractivity contribution in [3.05, 3.63) is 41.0 Å². The molecule has 0 unspecified atom stereocenters. The molecule has 1 heterocycles. The summed E-state index contributed by atoms with van der Waals surface area (Å²) in [5, 5.41) is 1.45. The van der Waals surface area contributed by atoms with Crippen LogP contribution in [0.1, 0.15) is 17.3 Å². The number of hydrogen-bond acceptors (Lipinski definition) is 3. The number of ether oxygens (including phenoxy) is 1. The van der Waals surface area contributed by atoms with Crippen molar-refractivity contribution in [3.8, 4) is 0 Å². The molecule has 0 N–H and O–H groups in total. The summed E-state index contributed by atoms with van der Waals surface area (Å²) in [6.45, 7) is 2.12. The van der Waals surface area contributed by atoms with E-state index in [-0.39, 0.29) is 5.97 Å². The van der Waals surface area contributed by atoms with Gasteiger partial charge in [0, 0.05) is 16.6 Å². The van der Waals surface area contributed by atoms with E-state index in [1.807, 2.05) is 6.07 Å². The average molecular weight is 236 g/mol. The lowest BCUT2D eigenvalue weighted by molar-refractivity contribution is 0.0526. The first-order valence-corrected chi connectivity index (χ1v) is 5.31.